The normalized spacial score (nSPS) is 12.4. The number of halogens is 2. The zero-order chi connectivity index (χ0) is 11.5. The van der Waals surface area contributed by atoms with Crippen molar-refractivity contribution in [3.05, 3.63) is 64.7 Å². The second-order valence-corrected chi connectivity index (χ2v) is 4.38. The van der Waals surface area contributed by atoms with Gasteiger partial charge in [-0.15, -0.1) is 11.6 Å². The van der Waals surface area contributed by atoms with Gasteiger partial charge in [0, 0.05) is 5.02 Å². The fourth-order valence-electron chi connectivity index (χ4n) is 1.47. The molecule has 1 N–H and O–H groups in total. The van der Waals surface area contributed by atoms with E-state index in [0.717, 1.165) is 11.1 Å². The van der Waals surface area contributed by atoms with Gasteiger partial charge in [0.25, 0.3) is 0 Å². The Morgan fingerprint density at radius 1 is 0.812 bits per heavy atom. The van der Waals surface area contributed by atoms with Crippen molar-refractivity contribution in [1.82, 2.24) is 0 Å². The molecule has 0 bridgehead atoms. The van der Waals surface area contributed by atoms with Crippen molar-refractivity contribution >= 4 is 23.2 Å². The van der Waals surface area contributed by atoms with Crippen molar-refractivity contribution in [3.63, 3.8) is 0 Å². The molecule has 0 aliphatic rings. The van der Waals surface area contributed by atoms with Gasteiger partial charge in [-0.3, -0.25) is 0 Å². The molecule has 2 aromatic carbocycles. The molecule has 82 valence electrons. The van der Waals surface area contributed by atoms with E-state index in [1.807, 2.05) is 36.4 Å². The second-order valence-electron chi connectivity index (χ2n) is 3.51. The first-order valence-electron chi connectivity index (χ1n) is 4.85. The molecule has 1 atom stereocenters. The van der Waals surface area contributed by atoms with Crippen LogP contribution in [0.2, 0.25) is 5.02 Å². The lowest BCUT2D eigenvalue weighted by Gasteiger charge is -2.10. The fraction of sp³-hybridized carbons (Fsp3) is 0.0769. The molecule has 2 aromatic rings. The van der Waals surface area contributed by atoms with Crippen LogP contribution in [0.3, 0.4) is 0 Å². The van der Waals surface area contributed by atoms with Crippen molar-refractivity contribution < 1.29 is 5.11 Å². The number of alkyl halides is 1. The number of hydrogen-bond donors (Lipinski definition) is 1. The molecule has 0 amide bonds. The van der Waals surface area contributed by atoms with E-state index in [2.05, 4.69) is 0 Å². The lowest BCUT2D eigenvalue weighted by atomic mass is 10.0. The second kappa shape index (κ2) is 4.77. The van der Waals surface area contributed by atoms with Gasteiger partial charge in [0.05, 0.1) is 5.38 Å². The summed E-state index contributed by atoms with van der Waals surface area (Å²) in [5, 5.41) is 9.65. The standard InChI is InChI=1S/C13H10Cl2O/c14-11-5-1-9(2-6-11)13(15)10-3-7-12(16)8-4-10/h1-8,13,16H. The highest BCUT2D eigenvalue weighted by atomic mass is 35.5. The van der Waals surface area contributed by atoms with Crippen LogP contribution in [0.1, 0.15) is 16.5 Å². The van der Waals surface area contributed by atoms with Gasteiger partial charge < -0.3 is 5.11 Å². The maximum atomic E-state index is 9.18. The van der Waals surface area contributed by atoms with Crippen LogP contribution in [0.4, 0.5) is 0 Å². The smallest absolute Gasteiger partial charge is 0.115 e. The number of phenolic OH excluding ortho intramolecular Hbond substituents is 1. The van der Waals surface area contributed by atoms with Crippen LogP contribution in [-0.2, 0) is 0 Å². The molecule has 0 aliphatic heterocycles. The third-order valence-corrected chi connectivity index (χ3v) is 3.10. The molecule has 16 heavy (non-hydrogen) atoms. The number of rotatable bonds is 2. The highest BCUT2D eigenvalue weighted by molar-refractivity contribution is 6.30. The van der Waals surface area contributed by atoms with E-state index in [9.17, 15) is 5.11 Å². The van der Waals surface area contributed by atoms with Crippen LogP contribution in [0, 0.1) is 0 Å². The Labute approximate surface area is 104 Å². The quantitative estimate of drug-likeness (QED) is 0.787. The highest BCUT2D eigenvalue weighted by Gasteiger charge is 2.10. The van der Waals surface area contributed by atoms with E-state index in [0.29, 0.717) is 5.02 Å². The third-order valence-electron chi connectivity index (χ3n) is 2.35. The topological polar surface area (TPSA) is 20.2 Å². The molecule has 0 saturated carbocycles. The lowest BCUT2D eigenvalue weighted by Crippen LogP contribution is -1.92. The van der Waals surface area contributed by atoms with Gasteiger partial charge in [-0.05, 0) is 35.4 Å². The van der Waals surface area contributed by atoms with Gasteiger partial charge in [0.1, 0.15) is 5.75 Å². The minimum absolute atomic E-state index is 0.224. The minimum Gasteiger partial charge on any atom is -0.508 e. The molecule has 0 fully saturated rings. The summed E-state index contributed by atoms with van der Waals surface area (Å²) < 4.78 is 0. The summed E-state index contributed by atoms with van der Waals surface area (Å²) >= 11 is 12.1. The highest BCUT2D eigenvalue weighted by Crippen LogP contribution is 2.30. The van der Waals surface area contributed by atoms with Crippen molar-refractivity contribution in [2.24, 2.45) is 0 Å². The Morgan fingerprint density at radius 2 is 1.25 bits per heavy atom. The van der Waals surface area contributed by atoms with Gasteiger partial charge in [0.2, 0.25) is 0 Å². The first-order chi connectivity index (χ1) is 7.66. The predicted molar refractivity (Wildman–Crippen MR) is 67.3 cm³/mol. The van der Waals surface area contributed by atoms with E-state index in [-0.39, 0.29) is 11.1 Å². The lowest BCUT2D eigenvalue weighted by molar-refractivity contribution is 0.475. The zero-order valence-electron chi connectivity index (χ0n) is 8.40. The van der Waals surface area contributed by atoms with E-state index in [1.165, 1.54) is 0 Å². The molecule has 3 heteroatoms. The average molecular weight is 253 g/mol. The van der Waals surface area contributed by atoms with Gasteiger partial charge in [-0.1, -0.05) is 35.9 Å². The number of aromatic hydroxyl groups is 1. The summed E-state index contributed by atoms with van der Waals surface area (Å²) in [5.41, 5.74) is 1.93. The number of phenols is 1. The van der Waals surface area contributed by atoms with Gasteiger partial charge in [0.15, 0.2) is 0 Å². The summed E-state index contributed by atoms with van der Waals surface area (Å²) in [7, 11) is 0. The van der Waals surface area contributed by atoms with E-state index in [4.69, 9.17) is 23.2 Å². The molecule has 0 radical (unpaired) electrons. The molecule has 0 heterocycles. The fourth-order valence-corrected chi connectivity index (χ4v) is 1.88. The Bertz CT molecular complexity index is 417. The largest absolute Gasteiger partial charge is 0.508 e. The van der Waals surface area contributed by atoms with Crippen molar-refractivity contribution in [3.8, 4) is 5.75 Å². The third kappa shape index (κ3) is 2.49. The molecule has 0 aliphatic carbocycles. The van der Waals surface area contributed by atoms with E-state index in [1.54, 1.807) is 12.1 Å². The van der Waals surface area contributed by atoms with Crippen molar-refractivity contribution in [1.29, 1.82) is 0 Å². The number of hydrogen-bond acceptors (Lipinski definition) is 1. The van der Waals surface area contributed by atoms with Gasteiger partial charge in [-0.25, -0.2) is 0 Å². The number of benzene rings is 2. The maximum absolute atomic E-state index is 9.18. The molecule has 1 nitrogen and oxygen atoms in total. The first-order valence-corrected chi connectivity index (χ1v) is 5.67. The van der Waals surface area contributed by atoms with E-state index >= 15 is 0 Å². The first kappa shape index (κ1) is 11.3. The zero-order valence-corrected chi connectivity index (χ0v) is 9.91. The summed E-state index contributed by atoms with van der Waals surface area (Å²) in [6.45, 7) is 0. The van der Waals surface area contributed by atoms with Crippen molar-refractivity contribution in [2.75, 3.05) is 0 Å². The summed E-state index contributed by atoms with van der Waals surface area (Å²) in [6.07, 6.45) is 0. The Kier molecular flexibility index (Phi) is 3.37. The van der Waals surface area contributed by atoms with Crippen LogP contribution in [0.5, 0.6) is 5.75 Å². The Balaban J connectivity index is 2.28. The molecule has 0 aromatic heterocycles. The SMILES string of the molecule is Oc1ccc(C(Cl)c2ccc(Cl)cc2)cc1. The Hall–Kier alpha value is -1.18. The summed E-state index contributed by atoms with van der Waals surface area (Å²) in [4.78, 5) is 0. The molecular formula is C13H10Cl2O. The molecular weight excluding hydrogens is 243 g/mol. The van der Waals surface area contributed by atoms with E-state index < -0.39 is 0 Å². The van der Waals surface area contributed by atoms with Gasteiger partial charge >= 0.3 is 0 Å². The van der Waals surface area contributed by atoms with Crippen LogP contribution in [0.25, 0.3) is 0 Å². The molecule has 1 unspecified atom stereocenters. The molecule has 0 saturated heterocycles. The summed E-state index contributed by atoms with van der Waals surface area (Å²) in [5.74, 6) is 0.240. The van der Waals surface area contributed by atoms with Crippen LogP contribution in [0.15, 0.2) is 48.5 Å². The van der Waals surface area contributed by atoms with Crippen LogP contribution >= 0.6 is 23.2 Å². The summed E-state index contributed by atoms with van der Waals surface area (Å²) in [6, 6.07) is 14.3. The van der Waals surface area contributed by atoms with Crippen LogP contribution < -0.4 is 0 Å². The average Bonchev–Trinajstić information content (AvgIpc) is 2.30. The maximum Gasteiger partial charge on any atom is 0.115 e. The van der Waals surface area contributed by atoms with Crippen molar-refractivity contribution in [2.45, 2.75) is 5.38 Å². The predicted octanol–water partition coefficient (Wildman–Crippen LogP) is 4.37. The Morgan fingerprint density at radius 3 is 1.75 bits per heavy atom. The molecule has 2 rings (SSSR count). The monoisotopic (exact) mass is 252 g/mol. The van der Waals surface area contributed by atoms with Crippen LogP contribution in [-0.4, -0.2) is 5.11 Å². The van der Waals surface area contributed by atoms with Gasteiger partial charge in [-0.2, -0.15) is 0 Å². The minimum atomic E-state index is -0.224. The molecule has 0 spiro atoms.